The van der Waals surface area contributed by atoms with Gasteiger partial charge in [-0.2, -0.15) is 0 Å². The highest BCUT2D eigenvalue weighted by Gasteiger charge is 2.38. The number of aliphatic carboxylic acids is 1. The van der Waals surface area contributed by atoms with Gasteiger partial charge in [-0.05, 0) is 32.0 Å². The Balaban J connectivity index is 2.46. The molecular formula is C14H14FN3O2. The number of carboxylic acids is 1. The van der Waals surface area contributed by atoms with Crippen molar-refractivity contribution in [2.45, 2.75) is 19.4 Å². The first kappa shape index (κ1) is 13.9. The largest absolute Gasteiger partial charge is 0.479 e. The number of aryl methyl sites for hydroxylation is 1. The van der Waals surface area contributed by atoms with Crippen LogP contribution in [0, 0.1) is 12.7 Å². The van der Waals surface area contributed by atoms with E-state index in [-0.39, 0.29) is 5.69 Å². The van der Waals surface area contributed by atoms with Crippen LogP contribution in [0.25, 0.3) is 0 Å². The second-order valence-electron chi connectivity index (χ2n) is 4.56. The first-order valence-electron chi connectivity index (χ1n) is 5.99. The standard InChI is InChI=1S/C14H14FN3O2/c1-9-12(17-7-6-16-9)14(2,13(19)20)18-11-5-3-4-10(15)8-11/h3-8,18H,1-2H3,(H,19,20). The Kier molecular flexibility index (Phi) is 3.65. The lowest BCUT2D eigenvalue weighted by Gasteiger charge is -2.27. The Labute approximate surface area is 115 Å². The number of aromatic nitrogens is 2. The van der Waals surface area contributed by atoms with Gasteiger partial charge in [0, 0.05) is 18.1 Å². The summed E-state index contributed by atoms with van der Waals surface area (Å²) in [7, 11) is 0. The van der Waals surface area contributed by atoms with Crippen molar-refractivity contribution in [2.24, 2.45) is 0 Å². The third-order valence-electron chi connectivity index (χ3n) is 3.00. The zero-order valence-corrected chi connectivity index (χ0v) is 11.1. The quantitative estimate of drug-likeness (QED) is 0.895. The van der Waals surface area contributed by atoms with E-state index >= 15 is 0 Å². The number of carbonyl (C=O) groups is 1. The van der Waals surface area contributed by atoms with E-state index in [0.29, 0.717) is 11.4 Å². The van der Waals surface area contributed by atoms with Crippen molar-refractivity contribution in [3.05, 3.63) is 53.9 Å². The molecule has 1 atom stereocenters. The highest BCUT2D eigenvalue weighted by molar-refractivity contribution is 5.83. The summed E-state index contributed by atoms with van der Waals surface area (Å²) in [6, 6.07) is 5.61. The molecule has 2 rings (SSSR count). The molecule has 0 fully saturated rings. The number of hydrogen-bond donors (Lipinski definition) is 2. The van der Waals surface area contributed by atoms with Gasteiger partial charge in [-0.25, -0.2) is 9.18 Å². The topological polar surface area (TPSA) is 75.1 Å². The van der Waals surface area contributed by atoms with Crippen molar-refractivity contribution in [1.82, 2.24) is 9.97 Å². The van der Waals surface area contributed by atoms with Gasteiger partial charge in [0.25, 0.3) is 0 Å². The maximum Gasteiger partial charge on any atom is 0.335 e. The molecule has 5 nitrogen and oxygen atoms in total. The number of nitrogens with zero attached hydrogens (tertiary/aromatic N) is 2. The van der Waals surface area contributed by atoms with Crippen molar-refractivity contribution in [2.75, 3.05) is 5.32 Å². The Hall–Kier alpha value is -2.50. The van der Waals surface area contributed by atoms with E-state index in [2.05, 4.69) is 15.3 Å². The molecule has 2 N–H and O–H groups in total. The SMILES string of the molecule is Cc1nccnc1C(C)(Nc1cccc(F)c1)C(=O)O. The predicted octanol–water partition coefficient (Wildman–Crippen LogP) is 2.34. The molecule has 104 valence electrons. The molecule has 0 amide bonds. The summed E-state index contributed by atoms with van der Waals surface area (Å²) in [4.78, 5) is 19.8. The fraction of sp³-hybridized carbons (Fsp3) is 0.214. The summed E-state index contributed by atoms with van der Waals surface area (Å²) >= 11 is 0. The minimum atomic E-state index is -1.49. The minimum absolute atomic E-state index is 0.289. The van der Waals surface area contributed by atoms with Crippen LogP contribution in [0.1, 0.15) is 18.3 Å². The number of benzene rings is 1. The molecule has 0 aliphatic carbocycles. The van der Waals surface area contributed by atoms with Crippen molar-refractivity contribution < 1.29 is 14.3 Å². The lowest BCUT2D eigenvalue weighted by atomic mass is 9.95. The molecule has 20 heavy (non-hydrogen) atoms. The second-order valence-corrected chi connectivity index (χ2v) is 4.56. The first-order chi connectivity index (χ1) is 9.43. The van der Waals surface area contributed by atoms with Crippen molar-refractivity contribution in [3.8, 4) is 0 Å². The van der Waals surface area contributed by atoms with Crippen LogP contribution in [-0.4, -0.2) is 21.0 Å². The molecule has 0 saturated heterocycles. The first-order valence-corrected chi connectivity index (χ1v) is 5.99. The Bertz CT molecular complexity index is 648. The van der Waals surface area contributed by atoms with E-state index < -0.39 is 17.3 Å². The summed E-state index contributed by atoms with van der Waals surface area (Å²) in [6.07, 6.45) is 2.92. The van der Waals surface area contributed by atoms with Crippen LogP contribution in [0.5, 0.6) is 0 Å². The Morgan fingerprint density at radius 1 is 1.35 bits per heavy atom. The summed E-state index contributed by atoms with van der Waals surface area (Å²) in [5, 5.41) is 12.3. The molecule has 1 aromatic carbocycles. The van der Waals surface area contributed by atoms with Gasteiger partial charge >= 0.3 is 5.97 Å². The van der Waals surface area contributed by atoms with Crippen LogP contribution in [0.15, 0.2) is 36.7 Å². The molecule has 0 saturated carbocycles. The Morgan fingerprint density at radius 2 is 2.05 bits per heavy atom. The molecular weight excluding hydrogens is 261 g/mol. The van der Waals surface area contributed by atoms with E-state index in [9.17, 15) is 14.3 Å². The van der Waals surface area contributed by atoms with Gasteiger partial charge < -0.3 is 10.4 Å². The molecule has 0 aliphatic rings. The number of nitrogens with one attached hydrogen (secondary N) is 1. The third kappa shape index (κ3) is 2.59. The van der Waals surface area contributed by atoms with E-state index in [0.717, 1.165) is 0 Å². The number of halogens is 1. The molecule has 1 unspecified atom stereocenters. The van der Waals surface area contributed by atoms with Crippen molar-refractivity contribution >= 4 is 11.7 Å². The minimum Gasteiger partial charge on any atom is -0.479 e. The predicted molar refractivity (Wildman–Crippen MR) is 71.8 cm³/mol. The maximum absolute atomic E-state index is 13.2. The summed E-state index contributed by atoms with van der Waals surface area (Å²) in [6.45, 7) is 3.15. The molecule has 0 bridgehead atoms. The highest BCUT2D eigenvalue weighted by atomic mass is 19.1. The number of anilines is 1. The van der Waals surface area contributed by atoms with E-state index in [1.54, 1.807) is 13.0 Å². The molecule has 0 spiro atoms. The van der Waals surface area contributed by atoms with E-state index in [1.807, 2.05) is 0 Å². The van der Waals surface area contributed by atoms with Crippen LogP contribution >= 0.6 is 0 Å². The van der Waals surface area contributed by atoms with Crippen molar-refractivity contribution in [3.63, 3.8) is 0 Å². The molecule has 0 radical (unpaired) electrons. The monoisotopic (exact) mass is 275 g/mol. The van der Waals surface area contributed by atoms with E-state index in [1.165, 1.54) is 37.5 Å². The van der Waals surface area contributed by atoms with E-state index in [4.69, 9.17) is 0 Å². The smallest absolute Gasteiger partial charge is 0.335 e. The van der Waals surface area contributed by atoms with Gasteiger partial charge in [0.1, 0.15) is 5.82 Å². The fourth-order valence-corrected chi connectivity index (χ4v) is 1.97. The molecule has 2 aromatic rings. The normalized spacial score (nSPS) is 13.6. The zero-order valence-electron chi connectivity index (χ0n) is 11.1. The summed E-state index contributed by atoms with van der Waals surface area (Å²) in [5.74, 6) is -1.57. The Morgan fingerprint density at radius 3 is 2.65 bits per heavy atom. The van der Waals surface area contributed by atoms with Gasteiger partial charge in [0.2, 0.25) is 0 Å². The second kappa shape index (κ2) is 5.24. The highest BCUT2D eigenvalue weighted by Crippen LogP contribution is 2.26. The van der Waals surface area contributed by atoms with Crippen LogP contribution < -0.4 is 5.32 Å². The molecule has 0 aliphatic heterocycles. The van der Waals surface area contributed by atoms with Gasteiger partial charge in [0.05, 0.1) is 11.4 Å². The number of carboxylic acid groups (broad SMARTS) is 1. The number of rotatable bonds is 4. The molecule has 1 heterocycles. The van der Waals surface area contributed by atoms with Gasteiger partial charge in [0.15, 0.2) is 5.54 Å². The molecule has 1 aromatic heterocycles. The lowest BCUT2D eigenvalue weighted by molar-refractivity contribution is -0.142. The van der Waals surface area contributed by atoms with Gasteiger partial charge in [-0.15, -0.1) is 0 Å². The average molecular weight is 275 g/mol. The van der Waals surface area contributed by atoms with Gasteiger partial charge in [-0.1, -0.05) is 6.07 Å². The average Bonchev–Trinajstić information content (AvgIpc) is 2.38. The zero-order chi connectivity index (χ0) is 14.8. The fourth-order valence-electron chi connectivity index (χ4n) is 1.97. The summed E-state index contributed by atoms with van der Waals surface area (Å²) < 4.78 is 13.2. The third-order valence-corrected chi connectivity index (χ3v) is 3.00. The molecule has 6 heteroatoms. The summed E-state index contributed by atoms with van der Waals surface area (Å²) in [5.41, 5.74) is -0.343. The van der Waals surface area contributed by atoms with Gasteiger partial charge in [-0.3, -0.25) is 9.97 Å². The van der Waals surface area contributed by atoms with Crippen LogP contribution in [0.4, 0.5) is 10.1 Å². The van der Waals surface area contributed by atoms with Crippen molar-refractivity contribution in [1.29, 1.82) is 0 Å². The van der Waals surface area contributed by atoms with Crippen LogP contribution in [0.3, 0.4) is 0 Å². The van der Waals surface area contributed by atoms with Crippen LogP contribution in [0.2, 0.25) is 0 Å². The lowest BCUT2D eigenvalue weighted by Crippen LogP contribution is -2.42. The maximum atomic E-state index is 13.2. The number of hydrogen-bond acceptors (Lipinski definition) is 4. The van der Waals surface area contributed by atoms with Crippen LogP contribution in [-0.2, 0) is 10.3 Å².